The Bertz CT molecular complexity index is 680. The number of fused-ring (bicyclic) bond motifs is 1. The Morgan fingerprint density at radius 3 is 3.00 bits per heavy atom. The molecule has 0 radical (unpaired) electrons. The first kappa shape index (κ1) is 16.0. The fourth-order valence-corrected chi connectivity index (χ4v) is 3.23. The molecule has 2 heterocycles. The lowest BCUT2D eigenvalue weighted by atomic mass is 10.2. The normalized spacial score (nSPS) is 19.1. The summed E-state index contributed by atoms with van der Waals surface area (Å²) >= 11 is 0. The second-order valence-electron chi connectivity index (χ2n) is 6.25. The van der Waals surface area contributed by atoms with E-state index in [0.717, 1.165) is 32.7 Å². The molecule has 0 spiro atoms. The summed E-state index contributed by atoms with van der Waals surface area (Å²) in [5.41, 5.74) is 2.60. The van der Waals surface area contributed by atoms with Gasteiger partial charge in [0.2, 0.25) is 5.91 Å². The van der Waals surface area contributed by atoms with Crippen molar-refractivity contribution in [1.29, 1.82) is 0 Å². The molecule has 1 aromatic carbocycles. The highest BCUT2D eigenvalue weighted by Gasteiger charge is 2.21. The molecular weight excluding hydrogens is 290 g/mol. The molecule has 0 bridgehead atoms. The highest BCUT2D eigenvalue weighted by molar-refractivity contribution is 5.81. The standard InChI is InChI=1S/C18H25N3O2/c1-14(22)19-8-7-17-13-21(9-10-23-17)12-16-11-15-5-3-4-6-18(15)20(16)2/h3-6,11,17H,7-10,12-13H2,1-2H3,(H,19,22)/t17-/m0/s1. The van der Waals surface area contributed by atoms with Crippen LogP contribution in [-0.4, -0.2) is 47.7 Å². The summed E-state index contributed by atoms with van der Waals surface area (Å²) in [5, 5.41) is 4.13. The first-order valence-corrected chi connectivity index (χ1v) is 8.25. The number of carbonyl (C=O) groups excluding carboxylic acids is 1. The van der Waals surface area contributed by atoms with E-state index >= 15 is 0 Å². The molecule has 0 unspecified atom stereocenters. The number of hydrogen-bond donors (Lipinski definition) is 1. The minimum Gasteiger partial charge on any atom is -0.375 e. The van der Waals surface area contributed by atoms with Gasteiger partial charge in [-0.25, -0.2) is 0 Å². The van der Waals surface area contributed by atoms with E-state index in [-0.39, 0.29) is 12.0 Å². The minimum atomic E-state index is 0.0214. The molecule has 5 nitrogen and oxygen atoms in total. The summed E-state index contributed by atoms with van der Waals surface area (Å²) in [7, 11) is 2.13. The second kappa shape index (κ2) is 7.15. The van der Waals surface area contributed by atoms with Gasteiger partial charge in [-0.2, -0.15) is 0 Å². The smallest absolute Gasteiger partial charge is 0.216 e. The van der Waals surface area contributed by atoms with Crippen LogP contribution < -0.4 is 5.32 Å². The topological polar surface area (TPSA) is 46.5 Å². The quantitative estimate of drug-likeness (QED) is 0.917. The second-order valence-corrected chi connectivity index (χ2v) is 6.25. The largest absolute Gasteiger partial charge is 0.375 e. The van der Waals surface area contributed by atoms with E-state index < -0.39 is 0 Å². The molecule has 1 aliphatic rings. The number of benzene rings is 1. The predicted molar refractivity (Wildman–Crippen MR) is 91.2 cm³/mol. The fourth-order valence-electron chi connectivity index (χ4n) is 3.23. The van der Waals surface area contributed by atoms with Crippen molar-refractivity contribution in [2.24, 2.45) is 7.05 Å². The Kier molecular flexibility index (Phi) is 4.98. The van der Waals surface area contributed by atoms with Crippen molar-refractivity contribution in [2.75, 3.05) is 26.2 Å². The van der Waals surface area contributed by atoms with Crippen LogP contribution in [0.5, 0.6) is 0 Å². The van der Waals surface area contributed by atoms with Gasteiger partial charge in [0.25, 0.3) is 0 Å². The van der Waals surface area contributed by atoms with Crippen molar-refractivity contribution >= 4 is 16.8 Å². The maximum Gasteiger partial charge on any atom is 0.216 e. The number of morpholine rings is 1. The van der Waals surface area contributed by atoms with Crippen LogP contribution >= 0.6 is 0 Å². The zero-order valence-corrected chi connectivity index (χ0v) is 13.9. The third kappa shape index (κ3) is 3.92. The molecule has 124 valence electrons. The van der Waals surface area contributed by atoms with Crippen molar-refractivity contribution in [3.05, 3.63) is 36.0 Å². The monoisotopic (exact) mass is 315 g/mol. The van der Waals surface area contributed by atoms with Gasteiger partial charge in [0.05, 0.1) is 12.7 Å². The van der Waals surface area contributed by atoms with Crippen molar-refractivity contribution in [3.8, 4) is 0 Å². The number of carbonyl (C=O) groups is 1. The Hall–Kier alpha value is -1.85. The number of rotatable bonds is 5. The molecule has 1 atom stereocenters. The fraction of sp³-hybridized carbons (Fsp3) is 0.500. The number of hydrogen-bond acceptors (Lipinski definition) is 3. The van der Waals surface area contributed by atoms with Crippen LogP contribution in [0.3, 0.4) is 0 Å². The van der Waals surface area contributed by atoms with E-state index in [4.69, 9.17) is 4.74 Å². The number of aryl methyl sites for hydroxylation is 1. The van der Waals surface area contributed by atoms with Crippen molar-refractivity contribution in [3.63, 3.8) is 0 Å². The zero-order chi connectivity index (χ0) is 16.2. The summed E-state index contributed by atoms with van der Waals surface area (Å²) < 4.78 is 8.09. The number of amides is 1. The Morgan fingerprint density at radius 1 is 1.39 bits per heavy atom. The third-order valence-electron chi connectivity index (χ3n) is 4.50. The summed E-state index contributed by atoms with van der Waals surface area (Å²) in [4.78, 5) is 13.4. The van der Waals surface area contributed by atoms with Gasteiger partial charge in [0, 0.05) is 51.4 Å². The summed E-state index contributed by atoms with van der Waals surface area (Å²) in [5.74, 6) is 0.0214. The summed E-state index contributed by atoms with van der Waals surface area (Å²) in [6.45, 7) is 5.80. The number of para-hydroxylation sites is 1. The van der Waals surface area contributed by atoms with Crippen LogP contribution in [0.1, 0.15) is 19.0 Å². The highest BCUT2D eigenvalue weighted by atomic mass is 16.5. The van der Waals surface area contributed by atoms with E-state index in [0.29, 0.717) is 6.54 Å². The van der Waals surface area contributed by atoms with Gasteiger partial charge in [-0.15, -0.1) is 0 Å². The van der Waals surface area contributed by atoms with E-state index in [1.165, 1.54) is 16.6 Å². The van der Waals surface area contributed by atoms with Crippen LogP contribution in [0.4, 0.5) is 0 Å². The first-order valence-electron chi connectivity index (χ1n) is 8.25. The van der Waals surface area contributed by atoms with Crippen LogP contribution in [0.2, 0.25) is 0 Å². The average molecular weight is 315 g/mol. The molecule has 5 heteroatoms. The predicted octanol–water partition coefficient (Wildman–Crippen LogP) is 1.91. The zero-order valence-electron chi connectivity index (χ0n) is 13.9. The van der Waals surface area contributed by atoms with Gasteiger partial charge in [0.1, 0.15) is 0 Å². The van der Waals surface area contributed by atoms with Gasteiger partial charge < -0.3 is 14.6 Å². The van der Waals surface area contributed by atoms with Crippen molar-refractivity contribution in [1.82, 2.24) is 14.8 Å². The SMILES string of the molecule is CC(=O)NCC[C@H]1CN(Cc2cc3ccccc3n2C)CCO1. The van der Waals surface area contributed by atoms with Crippen molar-refractivity contribution < 1.29 is 9.53 Å². The van der Waals surface area contributed by atoms with Crippen LogP contribution in [0, 0.1) is 0 Å². The summed E-state index contributed by atoms with van der Waals surface area (Å²) in [6.07, 6.45) is 1.07. The molecule has 3 rings (SSSR count). The molecule has 23 heavy (non-hydrogen) atoms. The van der Waals surface area contributed by atoms with E-state index in [1.807, 2.05) is 0 Å². The molecule has 1 aliphatic heterocycles. The van der Waals surface area contributed by atoms with Gasteiger partial charge in [-0.05, 0) is 23.9 Å². The van der Waals surface area contributed by atoms with E-state index in [1.54, 1.807) is 6.92 Å². The number of nitrogens with one attached hydrogen (secondary N) is 1. The average Bonchev–Trinajstić information content (AvgIpc) is 2.84. The summed E-state index contributed by atoms with van der Waals surface area (Å²) in [6, 6.07) is 10.8. The molecule has 2 aromatic rings. The number of aromatic nitrogens is 1. The molecule has 1 N–H and O–H groups in total. The maximum atomic E-state index is 10.9. The number of ether oxygens (including phenoxy) is 1. The van der Waals surface area contributed by atoms with Gasteiger partial charge in [-0.1, -0.05) is 18.2 Å². The van der Waals surface area contributed by atoms with Crippen LogP contribution in [0.25, 0.3) is 10.9 Å². The first-order chi connectivity index (χ1) is 11.1. The minimum absolute atomic E-state index is 0.0214. The molecule has 1 amide bonds. The van der Waals surface area contributed by atoms with Gasteiger partial charge >= 0.3 is 0 Å². The molecular formula is C18H25N3O2. The van der Waals surface area contributed by atoms with Crippen LogP contribution in [0.15, 0.2) is 30.3 Å². The molecule has 1 aromatic heterocycles. The van der Waals surface area contributed by atoms with Crippen molar-refractivity contribution in [2.45, 2.75) is 26.0 Å². The third-order valence-corrected chi connectivity index (χ3v) is 4.50. The number of nitrogens with zero attached hydrogens (tertiary/aromatic N) is 2. The van der Waals surface area contributed by atoms with Crippen LogP contribution in [-0.2, 0) is 23.1 Å². The van der Waals surface area contributed by atoms with Gasteiger partial charge in [-0.3, -0.25) is 9.69 Å². The molecule has 0 saturated carbocycles. The molecule has 0 aliphatic carbocycles. The highest BCUT2D eigenvalue weighted by Crippen LogP contribution is 2.20. The van der Waals surface area contributed by atoms with E-state index in [9.17, 15) is 4.79 Å². The lowest BCUT2D eigenvalue weighted by Gasteiger charge is -2.33. The van der Waals surface area contributed by atoms with Gasteiger partial charge in [0.15, 0.2) is 0 Å². The lowest BCUT2D eigenvalue weighted by Crippen LogP contribution is -2.43. The lowest BCUT2D eigenvalue weighted by molar-refractivity contribution is -0.119. The Morgan fingerprint density at radius 2 is 2.22 bits per heavy atom. The molecule has 1 fully saturated rings. The van der Waals surface area contributed by atoms with E-state index in [2.05, 4.69) is 52.2 Å². The maximum absolute atomic E-state index is 10.9. The Balaban J connectivity index is 1.60. The molecule has 1 saturated heterocycles. The Labute approximate surface area is 137 Å².